The Morgan fingerprint density at radius 1 is 0.811 bits per heavy atom. The summed E-state index contributed by atoms with van der Waals surface area (Å²) in [5.41, 5.74) is 6.39. The van der Waals surface area contributed by atoms with E-state index >= 15 is 0 Å². The number of benzene rings is 4. The van der Waals surface area contributed by atoms with Gasteiger partial charge in [-0.05, 0) is 47.4 Å². The molecule has 0 saturated carbocycles. The second-order valence-electron chi connectivity index (χ2n) is 7.95. The molecule has 0 aliphatic carbocycles. The molecule has 0 spiro atoms. The number of fused-ring (bicyclic) bond motifs is 1. The Morgan fingerprint density at radius 2 is 1.57 bits per heavy atom. The van der Waals surface area contributed by atoms with Crippen molar-refractivity contribution in [2.24, 2.45) is 0 Å². The van der Waals surface area contributed by atoms with E-state index in [-0.39, 0.29) is 11.7 Å². The Hall–Kier alpha value is -3.95. The molecule has 3 N–H and O–H groups in total. The molecular weight excluding hydrogens is 554 g/mol. The van der Waals surface area contributed by atoms with Gasteiger partial charge in [0.05, 0.1) is 12.2 Å². The SMILES string of the molecule is O=C(COc1cccc2ccccc12)NNC(=S)NC(=O)c1cc(Br)ccc1OCCc1ccccc1. The topological polar surface area (TPSA) is 88.7 Å². The van der Waals surface area contributed by atoms with Gasteiger partial charge in [0, 0.05) is 16.3 Å². The van der Waals surface area contributed by atoms with E-state index in [9.17, 15) is 9.59 Å². The summed E-state index contributed by atoms with van der Waals surface area (Å²) in [6.07, 6.45) is 0.699. The number of thiocarbonyl (C=S) groups is 1. The number of carbonyl (C=O) groups excluding carboxylic acids is 2. The van der Waals surface area contributed by atoms with Crippen LogP contribution in [0.4, 0.5) is 0 Å². The van der Waals surface area contributed by atoms with E-state index in [1.165, 1.54) is 0 Å². The second kappa shape index (κ2) is 12.8. The average molecular weight is 578 g/mol. The molecule has 4 rings (SSSR count). The van der Waals surface area contributed by atoms with Gasteiger partial charge in [0.2, 0.25) is 0 Å². The molecule has 2 amide bonds. The molecular formula is C28H24BrN3O4S. The van der Waals surface area contributed by atoms with Crippen LogP contribution in [0.5, 0.6) is 11.5 Å². The lowest BCUT2D eigenvalue weighted by Gasteiger charge is -2.14. The maximum atomic E-state index is 12.9. The lowest BCUT2D eigenvalue weighted by molar-refractivity contribution is -0.123. The van der Waals surface area contributed by atoms with Gasteiger partial charge in [0.1, 0.15) is 11.5 Å². The van der Waals surface area contributed by atoms with Crippen LogP contribution >= 0.6 is 28.1 Å². The summed E-state index contributed by atoms with van der Waals surface area (Å²) in [4.78, 5) is 25.1. The molecule has 0 aliphatic rings. The lowest BCUT2D eigenvalue weighted by atomic mass is 10.1. The normalized spacial score (nSPS) is 10.4. The largest absolute Gasteiger partial charge is 0.492 e. The number of hydrazine groups is 1. The first-order valence-corrected chi connectivity index (χ1v) is 12.7. The number of nitrogens with one attached hydrogen (secondary N) is 3. The van der Waals surface area contributed by atoms with Gasteiger partial charge in [-0.1, -0.05) is 82.7 Å². The summed E-state index contributed by atoms with van der Waals surface area (Å²) in [5, 5.41) is 4.40. The fourth-order valence-electron chi connectivity index (χ4n) is 3.56. The van der Waals surface area contributed by atoms with Gasteiger partial charge >= 0.3 is 0 Å². The van der Waals surface area contributed by atoms with Crippen LogP contribution in [0.25, 0.3) is 10.8 Å². The van der Waals surface area contributed by atoms with Gasteiger partial charge in [0.25, 0.3) is 11.8 Å². The first-order chi connectivity index (χ1) is 18.0. The third-order valence-electron chi connectivity index (χ3n) is 5.33. The first kappa shape index (κ1) is 26.1. The third kappa shape index (κ3) is 7.52. The number of carbonyl (C=O) groups is 2. The summed E-state index contributed by atoms with van der Waals surface area (Å²) in [7, 11) is 0. The standard InChI is InChI=1S/C28H24BrN3O4S/c29-21-13-14-25(35-16-15-19-7-2-1-3-8-19)23(17-21)27(34)30-28(37)32-31-26(33)18-36-24-12-6-10-20-9-4-5-11-22(20)24/h1-14,17H,15-16,18H2,(H,31,33)(H2,30,32,34,37). The van der Waals surface area contributed by atoms with Crippen molar-refractivity contribution in [2.45, 2.75) is 6.42 Å². The fourth-order valence-corrected chi connectivity index (χ4v) is 4.06. The molecule has 188 valence electrons. The highest BCUT2D eigenvalue weighted by atomic mass is 79.9. The van der Waals surface area contributed by atoms with Crippen molar-refractivity contribution >= 4 is 55.8 Å². The Bertz CT molecular complexity index is 1410. The van der Waals surface area contributed by atoms with Crippen LogP contribution in [-0.4, -0.2) is 30.1 Å². The Labute approximate surface area is 228 Å². The summed E-state index contributed by atoms with van der Waals surface area (Å²) in [5.74, 6) is 0.0808. The summed E-state index contributed by atoms with van der Waals surface area (Å²) in [6, 6.07) is 28.4. The van der Waals surface area contributed by atoms with E-state index in [4.69, 9.17) is 21.7 Å². The van der Waals surface area contributed by atoms with Gasteiger partial charge in [-0.25, -0.2) is 0 Å². The molecule has 9 heteroatoms. The van der Waals surface area contributed by atoms with Crippen molar-refractivity contribution in [3.8, 4) is 11.5 Å². The van der Waals surface area contributed by atoms with Crippen molar-refractivity contribution in [3.05, 3.63) is 107 Å². The fraction of sp³-hybridized carbons (Fsp3) is 0.107. The molecule has 0 atom stereocenters. The second-order valence-corrected chi connectivity index (χ2v) is 9.27. The number of hydrogen-bond acceptors (Lipinski definition) is 5. The zero-order valence-corrected chi connectivity index (χ0v) is 22.1. The Balaban J connectivity index is 1.27. The molecule has 0 fully saturated rings. The molecule has 4 aromatic rings. The van der Waals surface area contributed by atoms with Crippen LogP contribution < -0.4 is 25.6 Å². The number of hydrogen-bond donors (Lipinski definition) is 3. The van der Waals surface area contributed by atoms with Gasteiger partial charge in [-0.2, -0.15) is 0 Å². The van der Waals surface area contributed by atoms with E-state index < -0.39 is 11.8 Å². The molecule has 0 aliphatic heterocycles. The quantitative estimate of drug-likeness (QED) is 0.203. The number of halogens is 1. The van der Waals surface area contributed by atoms with Crippen LogP contribution in [0.3, 0.4) is 0 Å². The molecule has 4 aromatic carbocycles. The van der Waals surface area contributed by atoms with Crippen LogP contribution in [0.1, 0.15) is 15.9 Å². The molecule has 37 heavy (non-hydrogen) atoms. The minimum atomic E-state index is -0.477. The van der Waals surface area contributed by atoms with E-state index in [0.29, 0.717) is 34.6 Å². The van der Waals surface area contributed by atoms with Gasteiger partial charge in [0.15, 0.2) is 11.7 Å². The predicted octanol–water partition coefficient (Wildman–Crippen LogP) is 4.94. The van der Waals surface area contributed by atoms with E-state index in [0.717, 1.165) is 16.3 Å². The average Bonchev–Trinajstić information content (AvgIpc) is 2.92. The van der Waals surface area contributed by atoms with Crippen molar-refractivity contribution in [1.82, 2.24) is 16.2 Å². The summed E-state index contributed by atoms with van der Waals surface area (Å²) < 4.78 is 12.2. The highest BCUT2D eigenvalue weighted by Crippen LogP contribution is 2.25. The third-order valence-corrected chi connectivity index (χ3v) is 6.03. The maximum absolute atomic E-state index is 12.9. The Morgan fingerprint density at radius 3 is 2.41 bits per heavy atom. The zero-order valence-electron chi connectivity index (χ0n) is 19.7. The molecule has 0 saturated heterocycles. The van der Waals surface area contributed by atoms with Crippen LogP contribution in [0, 0.1) is 0 Å². The minimum absolute atomic E-state index is 0.0706. The lowest BCUT2D eigenvalue weighted by Crippen LogP contribution is -2.49. The zero-order chi connectivity index (χ0) is 26.0. The molecule has 0 unspecified atom stereocenters. The van der Waals surface area contributed by atoms with Gasteiger partial charge in [-0.3, -0.25) is 25.8 Å². The smallest absolute Gasteiger partial charge is 0.276 e. The Kier molecular flexibility index (Phi) is 9.07. The van der Waals surface area contributed by atoms with Crippen molar-refractivity contribution in [1.29, 1.82) is 0 Å². The van der Waals surface area contributed by atoms with Crippen LogP contribution in [-0.2, 0) is 11.2 Å². The summed E-state index contributed by atoms with van der Waals surface area (Å²) in [6.45, 7) is 0.171. The monoisotopic (exact) mass is 577 g/mol. The number of amides is 2. The molecule has 7 nitrogen and oxygen atoms in total. The van der Waals surface area contributed by atoms with E-state index in [1.54, 1.807) is 24.3 Å². The molecule has 0 aromatic heterocycles. The first-order valence-electron chi connectivity index (χ1n) is 11.5. The number of rotatable bonds is 8. The van der Waals surface area contributed by atoms with Gasteiger partial charge in [-0.15, -0.1) is 0 Å². The van der Waals surface area contributed by atoms with Crippen LogP contribution in [0.15, 0.2) is 95.5 Å². The highest BCUT2D eigenvalue weighted by Gasteiger charge is 2.15. The van der Waals surface area contributed by atoms with Gasteiger partial charge < -0.3 is 9.47 Å². The highest BCUT2D eigenvalue weighted by molar-refractivity contribution is 9.10. The van der Waals surface area contributed by atoms with E-state index in [1.807, 2.05) is 66.7 Å². The van der Waals surface area contributed by atoms with E-state index in [2.05, 4.69) is 32.1 Å². The molecule has 0 heterocycles. The summed E-state index contributed by atoms with van der Waals surface area (Å²) >= 11 is 8.55. The molecule has 0 bridgehead atoms. The van der Waals surface area contributed by atoms with Crippen LogP contribution in [0.2, 0.25) is 0 Å². The molecule has 0 radical (unpaired) electrons. The minimum Gasteiger partial charge on any atom is -0.492 e. The van der Waals surface area contributed by atoms with Crippen molar-refractivity contribution in [3.63, 3.8) is 0 Å². The van der Waals surface area contributed by atoms with Crippen molar-refractivity contribution < 1.29 is 19.1 Å². The number of ether oxygens (including phenoxy) is 2. The maximum Gasteiger partial charge on any atom is 0.276 e. The predicted molar refractivity (Wildman–Crippen MR) is 151 cm³/mol. The van der Waals surface area contributed by atoms with Crippen molar-refractivity contribution in [2.75, 3.05) is 13.2 Å².